The van der Waals surface area contributed by atoms with Crippen LogP contribution in [0.3, 0.4) is 0 Å². The zero-order valence-electron chi connectivity index (χ0n) is 34.4. The van der Waals surface area contributed by atoms with E-state index in [9.17, 15) is 5.11 Å². The molecule has 0 saturated carbocycles. The number of benzene rings is 3. The summed E-state index contributed by atoms with van der Waals surface area (Å²) in [6.45, 7) is 25.9. The Hall–Kier alpha value is -2.27. The highest BCUT2D eigenvalue weighted by Crippen LogP contribution is 2.40. The first kappa shape index (κ1) is 43.5. The lowest BCUT2D eigenvalue weighted by molar-refractivity contribution is -0.0666. The van der Waals surface area contributed by atoms with Crippen molar-refractivity contribution in [1.82, 2.24) is 0 Å². The summed E-state index contributed by atoms with van der Waals surface area (Å²) in [6, 6.07) is 25.7. The minimum Gasteiger partial charge on any atom is -0.508 e. The van der Waals surface area contributed by atoms with Crippen molar-refractivity contribution in [3.8, 4) is 17.2 Å². The van der Waals surface area contributed by atoms with Crippen LogP contribution in [0.25, 0.3) is 0 Å². The lowest BCUT2D eigenvalue weighted by Crippen LogP contribution is -2.65. The van der Waals surface area contributed by atoms with E-state index in [1.165, 1.54) is 16.7 Å². The van der Waals surface area contributed by atoms with Crippen LogP contribution in [0.15, 0.2) is 72.8 Å². The fourth-order valence-electron chi connectivity index (χ4n) is 7.80. The highest BCUT2D eigenvalue weighted by molar-refractivity contribution is 6.93. The van der Waals surface area contributed by atoms with Crippen LogP contribution in [0.4, 0.5) is 0 Å². The van der Waals surface area contributed by atoms with E-state index in [2.05, 4.69) is 122 Å². The van der Waals surface area contributed by atoms with Gasteiger partial charge in [0.05, 0.1) is 12.7 Å². The quantitative estimate of drug-likeness (QED) is 0.0821. The average Bonchev–Trinajstić information content (AvgIpc) is 3.03. The Balaban J connectivity index is 1.35. The molecule has 0 amide bonds. The summed E-state index contributed by atoms with van der Waals surface area (Å²) in [5.74, 6) is 3.06. The van der Waals surface area contributed by atoms with Crippen molar-refractivity contribution in [1.29, 1.82) is 0 Å². The van der Waals surface area contributed by atoms with E-state index in [-0.39, 0.29) is 12.4 Å². The number of hydrogen-bond donors (Lipinski definition) is 1. The van der Waals surface area contributed by atoms with Gasteiger partial charge in [-0.25, -0.2) is 0 Å². The molecule has 294 valence electrons. The number of phenols is 1. The maximum atomic E-state index is 9.85. The summed E-state index contributed by atoms with van der Waals surface area (Å²) in [5, 5.41) is 9.85. The van der Waals surface area contributed by atoms with Gasteiger partial charge < -0.3 is 35.8 Å². The number of ether oxygens (including phenoxy) is 3. The van der Waals surface area contributed by atoms with Crippen LogP contribution in [0.5, 0.6) is 17.2 Å². The molecule has 3 aromatic carbocycles. The Bertz CT molecular complexity index is 1530. The first-order chi connectivity index (χ1) is 24.8. The fraction of sp³-hybridized carbons (Fsp3) is 0.561. The molecule has 1 aliphatic heterocycles. The second-order valence-corrected chi connectivity index (χ2v) is 30.9. The first-order valence-corrected chi connectivity index (χ1v) is 30.5. The Morgan fingerprint density at radius 2 is 1.06 bits per heavy atom. The van der Waals surface area contributed by atoms with Gasteiger partial charge in [-0.15, -0.1) is 0 Å². The van der Waals surface area contributed by atoms with Crippen molar-refractivity contribution in [3.05, 3.63) is 89.5 Å². The second kappa shape index (κ2) is 18.6. The SMILES string of the molecule is CCC(CC(CC(C)c1ccc(O)cc1)c1ccc(OC(C)C)cc1)c1ccc(OC(C)OCCC[Si]2(C)O[Si](C)(C)O[Si](C)(C)O[Si](C)(C)O2)cc1. The zero-order chi connectivity index (χ0) is 39.0. The number of aromatic hydroxyl groups is 1. The molecule has 12 heteroatoms. The van der Waals surface area contributed by atoms with Gasteiger partial charge in [0.25, 0.3) is 0 Å². The van der Waals surface area contributed by atoms with E-state index in [0.717, 1.165) is 43.2 Å². The van der Waals surface area contributed by atoms with Crippen molar-refractivity contribution in [2.75, 3.05) is 6.61 Å². The predicted molar refractivity (Wildman–Crippen MR) is 224 cm³/mol. The topological polar surface area (TPSA) is 84.8 Å². The van der Waals surface area contributed by atoms with E-state index in [4.69, 9.17) is 30.7 Å². The number of hydrogen-bond acceptors (Lipinski definition) is 8. The summed E-state index contributed by atoms with van der Waals surface area (Å²) < 4.78 is 44.7. The first-order valence-electron chi connectivity index (χ1n) is 19.5. The van der Waals surface area contributed by atoms with Gasteiger partial charge in [0.2, 0.25) is 0 Å². The summed E-state index contributed by atoms with van der Waals surface area (Å²) in [6.07, 6.45) is 3.62. The molecule has 8 nitrogen and oxygen atoms in total. The third-order valence-electron chi connectivity index (χ3n) is 9.57. The molecule has 4 unspecified atom stereocenters. The van der Waals surface area contributed by atoms with Crippen LogP contribution >= 0.6 is 0 Å². The molecule has 1 saturated heterocycles. The molecule has 1 heterocycles. The molecule has 1 fully saturated rings. The molecule has 0 radical (unpaired) electrons. The largest absolute Gasteiger partial charge is 0.508 e. The van der Waals surface area contributed by atoms with E-state index < -0.39 is 34.2 Å². The Labute approximate surface area is 324 Å². The van der Waals surface area contributed by atoms with E-state index in [1.54, 1.807) is 12.1 Å². The van der Waals surface area contributed by atoms with Crippen molar-refractivity contribution in [2.45, 2.75) is 142 Å². The number of phenolic OH excluding ortho intramolecular Hbond substituents is 1. The Kier molecular flexibility index (Phi) is 15.2. The van der Waals surface area contributed by atoms with Crippen LogP contribution in [0.1, 0.15) is 94.7 Å². The molecule has 0 aromatic heterocycles. The van der Waals surface area contributed by atoms with Gasteiger partial charge in [0.15, 0.2) is 6.29 Å². The molecular weight excluding hydrogens is 733 g/mol. The summed E-state index contributed by atoms with van der Waals surface area (Å²) >= 11 is 0. The minimum atomic E-state index is -2.53. The van der Waals surface area contributed by atoms with Gasteiger partial charge in [-0.05, 0) is 169 Å². The summed E-state index contributed by atoms with van der Waals surface area (Å²) in [4.78, 5) is 0. The smallest absolute Gasteiger partial charge is 0.317 e. The van der Waals surface area contributed by atoms with Crippen molar-refractivity contribution in [2.24, 2.45) is 0 Å². The third kappa shape index (κ3) is 14.1. The van der Waals surface area contributed by atoms with Crippen LogP contribution < -0.4 is 9.47 Å². The normalized spacial score (nSPS) is 20.1. The van der Waals surface area contributed by atoms with E-state index >= 15 is 0 Å². The molecular formula is C41H66O8Si4. The lowest BCUT2D eigenvalue weighted by atomic mass is 9.78. The second-order valence-electron chi connectivity index (χ2n) is 16.5. The maximum Gasteiger partial charge on any atom is 0.317 e. The average molecular weight is 799 g/mol. The van der Waals surface area contributed by atoms with Crippen molar-refractivity contribution < 1.29 is 35.8 Å². The van der Waals surface area contributed by atoms with Crippen LogP contribution in [0, 0.1) is 0 Å². The molecule has 4 atom stereocenters. The van der Waals surface area contributed by atoms with Gasteiger partial charge >= 0.3 is 34.2 Å². The molecule has 4 rings (SSSR count). The number of rotatable bonds is 17. The van der Waals surface area contributed by atoms with E-state index in [0.29, 0.717) is 30.1 Å². The van der Waals surface area contributed by atoms with Crippen LogP contribution in [0.2, 0.25) is 51.9 Å². The maximum absolute atomic E-state index is 9.85. The van der Waals surface area contributed by atoms with Crippen molar-refractivity contribution >= 4 is 34.2 Å². The van der Waals surface area contributed by atoms with Gasteiger partial charge in [0, 0.05) is 0 Å². The van der Waals surface area contributed by atoms with Gasteiger partial charge in [-0.3, -0.25) is 0 Å². The zero-order valence-corrected chi connectivity index (χ0v) is 38.4. The molecule has 0 spiro atoms. The highest BCUT2D eigenvalue weighted by atomic mass is 28.5. The molecule has 3 aromatic rings. The molecule has 1 aliphatic rings. The van der Waals surface area contributed by atoms with E-state index in [1.807, 2.05) is 19.1 Å². The predicted octanol–water partition coefficient (Wildman–Crippen LogP) is 11.4. The van der Waals surface area contributed by atoms with Gasteiger partial charge in [-0.2, -0.15) is 0 Å². The molecule has 53 heavy (non-hydrogen) atoms. The lowest BCUT2D eigenvalue weighted by Gasteiger charge is -2.47. The summed E-state index contributed by atoms with van der Waals surface area (Å²) in [7, 11) is -9.63. The van der Waals surface area contributed by atoms with Crippen molar-refractivity contribution in [3.63, 3.8) is 0 Å². The fourth-order valence-corrected chi connectivity index (χ4v) is 29.4. The van der Waals surface area contributed by atoms with Crippen LogP contribution in [-0.2, 0) is 21.2 Å². The minimum absolute atomic E-state index is 0.136. The highest BCUT2D eigenvalue weighted by Gasteiger charge is 2.52. The molecule has 1 N–H and O–H groups in total. The van der Waals surface area contributed by atoms with Gasteiger partial charge in [0.1, 0.15) is 17.2 Å². The van der Waals surface area contributed by atoms with Gasteiger partial charge in [-0.1, -0.05) is 50.2 Å². The molecule has 0 bridgehead atoms. The standard InChI is InChI=1S/C41H66O8Si4/c1-13-34(30-38(29-32(4)35-15-21-39(42)22-16-35)37-19-23-40(24-20-37)44-31(2)3)36-17-25-41(26-18-36)45-33(5)43-27-14-28-53(12)48-51(8,9)46-50(6,7)47-52(10,11)49-53/h15-26,31-34,38,42H,13-14,27-30H2,1-12H3. The monoisotopic (exact) mass is 798 g/mol. The molecule has 0 aliphatic carbocycles. The Morgan fingerprint density at radius 3 is 1.57 bits per heavy atom. The summed E-state index contributed by atoms with van der Waals surface area (Å²) in [5.41, 5.74) is 3.87. The Morgan fingerprint density at radius 1 is 0.585 bits per heavy atom. The van der Waals surface area contributed by atoms with Crippen LogP contribution in [-0.4, -0.2) is 58.4 Å². The third-order valence-corrected chi connectivity index (χ3v) is 26.1.